The van der Waals surface area contributed by atoms with Gasteiger partial charge in [0.15, 0.2) is 5.65 Å². The third-order valence-corrected chi connectivity index (χ3v) is 13.2. The summed E-state index contributed by atoms with van der Waals surface area (Å²) in [7, 11) is 0. The number of anilines is 1. The van der Waals surface area contributed by atoms with Crippen molar-refractivity contribution in [2.45, 2.75) is 91.1 Å². The molecule has 0 aliphatic carbocycles. The number of H-pyrrole nitrogens is 1. The summed E-state index contributed by atoms with van der Waals surface area (Å²) in [6, 6.07) is 26.8. The number of fused-ring (bicyclic) bond motifs is 1. The summed E-state index contributed by atoms with van der Waals surface area (Å²) in [5.74, 6) is -2.62. The lowest BCUT2D eigenvalue weighted by atomic mass is 9.99. The maximum absolute atomic E-state index is 15.3. The molecule has 3 aromatic carbocycles. The van der Waals surface area contributed by atoms with Crippen LogP contribution in [-0.2, 0) is 48.4 Å². The van der Waals surface area contributed by atoms with E-state index in [2.05, 4.69) is 36.3 Å². The highest BCUT2D eigenvalue weighted by Gasteiger charge is 2.30. The number of ether oxygens (including phenoxy) is 1. The molecule has 4 aromatic heterocycles. The number of primary amides is 1. The lowest BCUT2D eigenvalue weighted by Crippen LogP contribution is -2.54. The zero-order chi connectivity index (χ0) is 56.7. The molecule has 22 heteroatoms. The van der Waals surface area contributed by atoms with Crippen LogP contribution in [0.1, 0.15) is 75.0 Å². The fraction of sp³-hybridized carbons (Fsp3) is 0.293. The van der Waals surface area contributed by atoms with Crippen molar-refractivity contribution in [2.75, 3.05) is 18.4 Å². The number of nitrogens with one attached hydrogen (secondary N) is 5. The number of imide groups is 1. The van der Waals surface area contributed by atoms with Gasteiger partial charge in [-0.2, -0.15) is 5.10 Å². The third kappa shape index (κ3) is 14.9. The lowest BCUT2D eigenvalue weighted by molar-refractivity contribution is -0.137. The van der Waals surface area contributed by atoms with E-state index >= 15 is 4.39 Å². The summed E-state index contributed by atoms with van der Waals surface area (Å²) in [6.07, 6.45) is 7.04. The fourth-order valence-electron chi connectivity index (χ4n) is 9.07. The average molecular weight is 1090 g/mol. The van der Waals surface area contributed by atoms with E-state index in [1.54, 1.807) is 73.0 Å². The fourth-order valence-corrected chi connectivity index (χ4v) is 9.07. The van der Waals surface area contributed by atoms with Crippen LogP contribution in [0.2, 0.25) is 0 Å². The molecule has 0 fully saturated rings. The topological polar surface area (TPSA) is 281 Å². The van der Waals surface area contributed by atoms with Gasteiger partial charge in [-0.25, -0.2) is 28.5 Å². The van der Waals surface area contributed by atoms with Crippen molar-refractivity contribution in [3.63, 3.8) is 0 Å². The molecule has 1 aliphatic heterocycles. The summed E-state index contributed by atoms with van der Waals surface area (Å²) in [5, 5.41) is 15.2. The van der Waals surface area contributed by atoms with Gasteiger partial charge in [0.25, 0.3) is 11.8 Å². The van der Waals surface area contributed by atoms with Gasteiger partial charge >= 0.3 is 12.1 Å². The molecule has 5 heterocycles. The minimum absolute atomic E-state index is 0.000973. The van der Waals surface area contributed by atoms with Crippen LogP contribution in [0.5, 0.6) is 0 Å². The first-order valence-electron chi connectivity index (χ1n) is 26.2. The van der Waals surface area contributed by atoms with E-state index in [4.69, 9.17) is 20.4 Å². The van der Waals surface area contributed by atoms with Crippen LogP contribution >= 0.6 is 0 Å². The number of aromatic nitrogens is 6. The molecule has 21 nitrogen and oxygen atoms in total. The van der Waals surface area contributed by atoms with E-state index in [0.29, 0.717) is 75.8 Å². The minimum Gasteiger partial charge on any atom is -0.445 e. The van der Waals surface area contributed by atoms with Crippen molar-refractivity contribution >= 4 is 53.0 Å². The number of nitrogens with two attached hydrogens (primary N) is 1. The van der Waals surface area contributed by atoms with Crippen LogP contribution in [0.15, 0.2) is 128 Å². The highest BCUT2D eigenvalue weighted by atomic mass is 19.1. The van der Waals surface area contributed by atoms with E-state index in [1.165, 1.54) is 29.4 Å². The molecule has 8 rings (SSSR count). The minimum atomic E-state index is -1.09. The standard InChI is InChI=1S/C58H62FN13O8/c1-36(2)52(69-49(73)20-5-4-10-30-71-50(74)27-28-51(71)75)56(77)66-46(19-12-29-61-57(60)78)55(76)65-41-24-21-38(22-25-41)34-80-58(79)70(31-39-14-6-7-15-42(39)43-16-8-9-17-44(43)59)33-47-67-53(40-23-26-48-62-35-63-72(48)32-40)54(68-47)45-18-11-13-37(3)64-45/h6-9,11,13-18,21-28,32,35-36,46,52H,4-5,10,12,19-20,29-31,33-34H2,1-3H3,(H,65,76)(H,66,77)(H,67,68)(H,69,73)(H3,60,61,78)/t46-,52?/m0/s1. The highest BCUT2D eigenvalue weighted by Crippen LogP contribution is 2.32. The number of rotatable bonds is 25. The molecule has 80 heavy (non-hydrogen) atoms. The number of aromatic amines is 1. The number of aryl methyl sites for hydroxylation is 1. The number of benzene rings is 3. The molecule has 0 spiro atoms. The Bertz CT molecular complexity index is 3400. The summed E-state index contributed by atoms with van der Waals surface area (Å²) in [5.41, 5.74) is 11.8. The zero-order valence-corrected chi connectivity index (χ0v) is 44.5. The van der Waals surface area contributed by atoms with Crippen LogP contribution < -0.4 is 27.0 Å². The Balaban J connectivity index is 0.948. The van der Waals surface area contributed by atoms with Gasteiger partial charge in [0.2, 0.25) is 17.7 Å². The SMILES string of the molecule is Cc1cccc(-c2nc(CN(Cc3ccccc3-c3ccccc3F)C(=O)OCc3ccc(NC(=O)[C@H](CCCNC(N)=O)NC(=O)C(NC(=O)CCCCCN4C(=O)C=CC4=O)C(C)C)cc3)[nH]c2-c2ccc3ncnn3c2)n1. The Morgan fingerprint density at radius 3 is 2.29 bits per heavy atom. The number of hydrogen-bond donors (Lipinski definition) is 6. The Kier molecular flexibility index (Phi) is 18.8. The molecule has 0 radical (unpaired) electrons. The molecule has 0 saturated heterocycles. The number of pyridine rings is 2. The van der Waals surface area contributed by atoms with Gasteiger partial charge in [0, 0.05) is 60.4 Å². The van der Waals surface area contributed by atoms with Gasteiger partial charge in [-0.3, -0.25) is 38.8 Å². The third-order valence-electron chi connectivity index (χ3n) is 13.2. The largest absolute Gasteiger partial charge is 0.445 e. The predicted molar refractivity (Wildman–Crippen MR) is 295 cm³/mol. The summed E-state index contributed by atoms with van der Waals surface area (Å²) < 4.78 is 22.9. The molecule has 1 aliphatic rings. The van der Waals surface area contributed by atoms with Crippen LogP contribution in [-0.4, -0.2) is 106 Å². The van der Waals surface area contributed by atoms with Crippen LogP contribution in [0.25, 0.3) is 39.4 Å². The second-order valence-electron chi connectivity index (χ2n) is 19.5. The van der Waals surface area contributed by atoms with Gasteiger partial charge in [0.05, 0.1) is 24.5 Å². The second kappa shape index (κ2) is 26.6. The van der Waals surface area contributed by atoms with Crippen LogP contribution in [0, 0.1) is 18.7 Å². The number of unbranched alkanes of at least 4 members (excludes halogenated alkanes) is 2. The monoisotopic (exact) mass is 1090 g/mol. The van der Waals surface area contributed by atoms with Gasteiger partial charge in [-0.05, 0) is 97.7 Å². The van der Waals surface area contributed by atoms with E-state index in [9.17, 15) is 33.6 Å². The molecular formula is C58H62FN13O8. The Hall–Kier alpha value is -9.60. The number of urea groups is 1. The van der Waals surface area contributed by atoms with Crippen LogP contribution in [0.4, 0.5) is 19.7 Å². The summed E-state index contributed by atoms with van der Waals surface area (Å²) >= 11 is 0. The molecule has 7 aromatic rings. The van der Waals surface area contributed by atoms with E-state index in [0.717, 1.165) is 16.2 Å². The van der Waals surface area contributed by atoms with E-state index in [-0.39, 0.29) is 75.7 Å². The number of carbonyl (C=O) groups is 7. The number of amides is 8. The summed E-state index contributed by atoms with van der Waals surface area (Å²) in [6.45, 7) is 5.55. The van der Waals surface area contributed by atoms with Crippen molar-refractivity contribution in [3.05, 3.63) is 156 Å². The van der Waals surface area contributed by atoms with Crippen molar-refractivity contribution in [3.8, 4) is 33.8 Å². The normalized spacial score (nSPS) is 12.8. The Labute approximate surface area is 460 Å². The molecule has 0 saturated carbocycles. The van der Waals surface area contributed by atoms with Gasteiger partial charge in [0.1, 0.15) is 42.4 Å². The maximum Gasteiger partial charge on any atom is 0.410 e. The number of hydrogen-bond acceptors (Lipinski definition) is 12. The lowest BCUT2D eigenvalue weighted by Gasteiger charge is -2.25. The first-order valence-corrected chi connectivity index (χ1v) is 26.2. The van der Waals surface area contributed by atoms with Crippen LogP contribution in [0.3, 0.4) is 0 Å². The van der Waals surface area contributed by atoms with Crippen molar-refractivity contribution in [1.82, 2.24) is 55.3 Å². The molecule has 8 amide bonds. The smallest absolute Gasteiger partial charge is 0.410 e. The maximum atomic E-state index is 15.3. The molecule has 414 valence electrons. The number of halogens is 1. The van der Waals surface area contributed by atoms with Crippen molar-refractivity contribution in [1.29, 1.82) is 0 Å². The average Bonchev–Trinajstić information content (AvgIpc) is 4.21. The number of carbonyl (C=O) groups excluding carboxylic acids is 7. The second-order valence-corrected chi connectivity index (χ2v) is 19.5. The number of nitrogens with zero attached hydrogens (tertiary/aromatic N) is 7. The molecular weight excluding hydrogens is 1030 g/mol. The molecule has 1 unspecified atom stereocenters. The summed E-state index contributed by atoms with van der Waals surface area (Å²) in [4.78, 5) is 110. The predicted octanol–water partition coefficient (Wildman–Crippen LogP) is 7.13. The van der Waals surface area contributed by atoms with E-state index < -0.39 is 41.8 Å². The van der Waals surface area contributed by atoms with Gasteiger partial charge < -0.3 is 36.7 Å². The Morgan fingerprint density at radius 2 is 1.55 bits per heavy atom. The van der Waals surface area contributed by atoms with Crippen molar-refractivity contribution in [2.24, 2.45) is 11.7 Å². The molecule has 0 bridgehead atoms. The van der Waals surface area contributed by atoms with E-state index in [1.807, 2.05) is 55.6 Å². The molecule has 7 N–H and O–H groups in total. The Morgan fingerprint density at radius 1 is 0.800 bits per heavy atom. The molecule has 2 atom stereocenters. The van der Waals surface area contributed by atoms with Gasteiger partial charge in [-0.15, -0.1) is 0 Å². The quantitative estimate of drug-likeness (QED) is 0.0246. The van der Waals surface area contributed by atoms with Crippen molar-refractivity contribution < 1.29 is 42.7 Å². The first kappa shape index (κ1) is 56.6. The highest BCUT2D eigenvalue weighted by molar-refractivity contribution is 6.12. The van der Waals surface area contributed by atoms with Gasteiger partial charge in [-0.1, -0.05) is 80.9 Å². The zero-order valence-electron chi connectivity index (χ0n) is 44.5. The number of imidazole rings is 1. The first-order chi connectivity index (χ1) is 38.6.